The first-order valence-electron chi connectivity index (χ1n) is 11.2. The van der Waals surface area contributed by atoms with Crippen molar-refractivity contribution in [3.8, 4) is 0 Å². The maximum absolute atomic E-state index is 12.7. The van der Waals surface area contributed by atoms with Gasteiger partial charge in [0, 0.05) is 58.3 Å². The zero-order valence-corrected chi connectivity index (χ0v) is 18.3. The first-order valence-corrected chi connectivity index (χ1v) is 11.2. The molecule has 0 N–H and O–H groups in total. The van der Waals surface area contributed by atoms with Gasteiger partial charge in [-0.1, -0.05) is 19.9 Å². The molecule has 3 rings (SSSR count). The number of hydrogen-bond acceptors (Lipinski definition) is 5. The van der Waals surface area contributed by atoms with Gasteiger partial charge >= 0.3 is 0 Å². The van der Waals surface area contributed by atoms with Crippen LogP contribution in [0.15, 0.2) is 24.4 Å². The van der Waals surface area contributed by atoms with Crippen LogP contribution in [0.5, 0.6) is 0 Å². The third-order valence-corrected chi connectivity index (χ3v) is 6.01. The number of ketones is 1. The Hall–Kier alpha value is -2.44. The first kappa shape index (κ1) is 22.2. The molecule has 0 aromatic carbocycles. The number of Topliss-reactive ketones (excluding diaryl/α,β-unsaturated/α-hetero) is 1. The molecule has 0 bridgehead atoms. The highest BCUT2D eigenvalue weighted by molar-refractivity contribution is 6.36. The molecule has 0 spiro atoms. The Morgan fingerprint density at radius 3 is 2.50 bits per heavy atom. The predicted octanol–water partition coefficient (Wildman–Crippen LogP) is 2.36. The number of anilines is 1. The van der Waals surface area contributed by atoms with Gasteiger partial charge in [0.05, 0.1) is 0 Å². The molecular formula is C23H34N4O3. The monoisotopic (exact) mass is 414 g/mol. The van der Waals surface area contributed by atoms with Gasteiger partial charge < -0.3 is 14.7 Å². The predicted molar refractivity (Wildman–Crippen MR) is 116 cm³/mol. The van der Waals surface area contributed by atoms with Crippen LogP contribution in [0.3, 0.4) is 0 Å². The van der Waals surface area contributed by atoms with E-state index < -0.39 is 0 Å². The molecule has 7 heteroatoms. The van der Waals surface area contributed by atoms with Crippen molar-refractivity contribution in [1.82, 2.24) is 14.8 Å². The third kappa shape index (κ3) is 6.03. The molecule has 2 saturated heterocycles. The van der Waals surface area contributed by atoms with E-state index in [2.05, 4.69) is 9.88 Å². The summed E-state index contributed by atoms with van der Waals surface area (Å²) >= 11 is 0. The van der Waals surface area contributed by atoms with Crippen molar-refractivity contribution >= 4 is 23.4 Å². The molecular weight excluding hydrogens is 380 g/mol. The van der Waals surface area contributed by atoms with Crippen LogP contribution in [-0.4, -0.2) is 71.6 Å². The molecule has 0 aliphatic carbocycles. The van der Waals surface area contributed by atoms with Crippen molar-refractivity contribution in [2.24, 2.45) is 11.8 Å². The fourth-order valence-electron chi connectivity index (χ4n) is 4.33. The van der Waals surface area contributed by atoms with Crippen LogP contribution in [-0.2, 0) is 14.4 Å². The Labute approximate surface area is 179 Å². The lowest BCUT2D eigenvalue weighted by molar-refractivity contribution is -0.146. The summed E-state index contributed by atoms with van der Waals surface area (Å²) in [5.74, 6) is 1.02. The van der Waals surface area contributed by atoms with Crippen molar-refractivity contribution in [1.29, 1.82) is 0 Å². The lowest BCUT2D eigenvalue weighted by Crippen LogP contribution is -2.49. The minimum absolute atomic E-state index is 0.190. The number of carbonyl (C=O) groups is 3. The second kappa shape index (κ2) is 10.5. The standard InChI is InChI=1S/C23H34N4O3/c1-18(2)16-20(28)23(30)27-11-5-6-19(17-27)8-9-22(29)26-14-12-25(13-15-26)21-7-3-4-10-24-21/h3-4,7,10,18-19H,5-6,8-9,11-17H2,1-2H3/t19-/m0/s1. The summed E-state index contributed by atoms with van der Waals surface area (Å²) in [6, 6.07) is 5.89. The van der Waals surface area contributed by atoms with E-state index >= 15 is 0 Å². The molecule has 3 heterocycles. The van der Waals surface area contributed by atoms with Gasteiger partial charge in [-0.05, 0) is 43.2 Å². The van der Waals surface area contributed by atoms with Crippen LogP contribution in [0, 0.1) is 11.8 Å². The smallest absolute Gasteiger partial charge is 0.289 e. The summed E-state index contributed by atoms with van der Waals surface area (Å²) in [5, 5.41) is 0. The summed E-state index contributed by atoms with van der Waals surface area (Å²) in [4.78, 5) is 47.4. The molecule has 0 unspecified atom stereocenters. The summed E-state index contributed by atoms with van der Waals surface area (Å²) in [6.45, 7) is 8.19. The molecule has 2 fully saturated rings. The highest BCUT2D eigenvalue weighted by atomic mass is 16.2. The Kier molecular flexibility index (Phi) is 7.82. The van der Waals surface area contributed by atoms with Gasteiger partial charge in [-0.2, -0.15) is 0 Å². The summed E-state index contributed by atoms with van der Waals surface area (Å²) in [5.41, 5.74) is 0. The number of pyridine rings is 1. The number of hydrogen-bond donors (Lipinski definition) is 0. The molecule has 0 radical (unpaired) electrons. The molecule has 1 aromatic rings. The van der Waals surface area contributed by atoms with Crippen LogP contribution in [0.1, 0.15) is 46.0 Å². The van der Waals surface area contributed by atoms with Gasteiger partial charge in [-0.25, -0.2) is 4.98 Å². The van der Waals surface area contributed by atoms with E-state index in [-0.39, 0.29) is 23.5 Å². The lowest BCUT2D eigenvalue weighted by atomic mass is 9.92. The Balaban J connectivity index is 1.41. The van der Waals surface area contributed by atoms with E-state index in [0.717, 1.165) is 38.2 Å². The fraction of sp³-hybridized carbons (Fsp3) is 0.652. The molecule has 1 atom stereocenters. The van der Waals surface area contributed by atoms with E-state index in [9.17, 15) is 14.4 Å². The second-order valence-corrected chi connectivity index (χ2v) is 8.88. The lowest BCUT2D eigenvalue weighted by Gasteiger charge is -2.36. The average molecular weight is 415 g/mol. The van der Waals surface area contributed by atoms with Crippen LogP contribution < -0.4 is 4.90 Å². The quantitative estimate of drug-likeness (QED) is 0.641. The van der Waals surface area contributed by atoms with Gasteiger partial charge in [-0.15, -0.1) is 0 Å². The normalized spacial score (nSPS) is 19.8. The molecule has 164 valence electrons. The van der Waals surface area contributed by atoms with Crippen molar-refractivity contribution in [2.45, 2.75) is 46.0 Å². The number of carbonyl (C=O) groups excluding carboxylic acids is 3. The van der Waals surface area contributed by atoms with Crippen molar-refractivity contribution in [2.75, 3.05) is 44.2 Å². The van der Waals surface area contributed by atoms with Crippen molar-refractivity contribution in [3.63, 3.8) is 0 Å². The Morgan fingerprint density at radius 1 is 1.07 bits per heavy atom. The van der Waals surface area contributed by atoms with Crippen LogP contribution >= 0.6 is 0 Å². The van der Waals surface area contributed by atoms with Gasteiger partial charge in [0.15, 0.2) is 0 Å². The SMILES string of the molecule is CC(C)CC(=O)C(=O)N1CCC[C@@H](CCC(=O)N2CCN(c3ccccn3)CC2)C1. The van der Waals surface area contributed by atoms with Gasteiger partial charge in [0.1, 0.15) is 5.82 Å². The number of amides is 2. The zero-order chi connectivity index (χ0) is 21.5. The highest BCUT2D eigenvalue weighted by Crippen LogP contribution is 2.22. The minimum atomic E-state index is -0.342. The molecule has 30 heavy (non-hydrogen) atoms. The van der Waals surface area contributed by atoms with Crippen molar-refractivity contribution < 1.29 is 14.4 Å². The van der Waals surface area contributed by atoms with E-state index in [1.54, 1.807) is 11.1 Å². The van der Waals surface area contributed by atoms with E-state index in [4.69, 9.17) is 0 Å². The molecule has 2 aliphatic heterocycles. The van der Waals surface area contributed by atoms with Crippen LogP contribution in [0.2, 0.25) is 0 Å². The largest absolute Gasteiger partial charge is 0.353 e. The van der Waals surface area contributed by atoms with Crippen molar-refractivity contribution in [3.05, 3.63) is 24.4 Å². The maximum atomic E-state index is 12.7. The number of nitrogens with zero attached hydrogens (tertiary/aromatic N) is 4. The average Bonchev–Trinajstić information content (AvgIpc) is 2.77. The fourth-order valence-corrected chi connectivity index (χ4v) is 4.33. The van der Waals surface area contributed by atoms with E-state index in [0.29, 0.717) is 44.9 Å². The third-order valence-electron chi connectivity index (χ3n) is 6.01. The number of rotatable bonds is 7. The number of aromatic nitrogens is 1. The first-order chi connectivity index (χ1) is 14.4. The molecule has 7 nitrogen and oxygen atoms in total. The minimum Gasteiger partial charge on any atom is -0.353 e. The Bertz CT molecular complexity index is 729. The number of piperazine rings is 1. The van der Waals surface area contributed by atoms with E-state index in [1.807, 2.05) is 36.9 Å². The number of likely N-dealkylation sites (tertiary alicyclic amines) is 1. The zero-order valence-electron chi connectivity index (χ0n) is 18.3. The molecule has 2 amide bonds. The van der Waals surface area contributed by atoms with Gasteiger partial charge in [0.2, 0.25) is 11.7 Å². The summed E-state index contributed by atoms with van der Waals surface area (Å²) in [7, 11) is 0. The summed E-state index contributed by atoms with van der Waals surface area (Å²) < 4.78 is 0. The Morgan fingerprint density at radius 2 is 1.83 bits per heavy atom. The van der Waals surface area contributed by atoms with Crippen LogP contribution in [0.25, 0.3) is 0 Å². The van der Waals surface area contributed by atoms with Gasteiger partial charge in [0.25, 0.3) is 5.91 Å². The molecule has 1 aromatic heterocycles. The number of piperidine rings is 1. The van der Waals surface area contributed by atoms with Gasteiger partial charge in [-0.3, -0.25) is 14.4 Å². The molecule has 0 saturated carbocycles. The second-order valence-electron chi connectivity index (χ2n) is 8.88. The summed E-state index contributed by atoms with van der Waals surface area (Å²) in [6.07, 6.45) is 5.31. The van der Waals surface area contributed by atoms with Crippen LogP contribution in [0.4, 0.5) is 5.82 Å². The topological polar surface area (TPSA) is 73.8 Å². The highest BCUT2D eigenvalue weighted by Gasteiger charge is 2.29. The maximum Gasteiger partial charge on any atom is 0.289 e. The van der Waals surface area contributed by atoms with E-state index in [1.165, 1.54) is 0 Å². The molecule has 2 aliphatic rings.